The maximum absolute atomic E-state index is 12.0. The van der Waals surface area contributed by atoms with Crippen LogP contribution in [0.25, 0.3) is 0 Å². The topological polar surface area (TPSA) is 53.6 Å². The number of urea groups is 1. The second-order valence-corrected chi connectivity index (χ2v) is 6.78. The lowest BCUT2D eigenvalue weighted by Crippen LogP contribution is -2.38. The van der Waals surface area contributed by atoms with Gasteiger partial charge in [-0.05, 0) is 56.8 Å². The Kier molecular flexibility index (Phi) is 7.53. The minimum atomic E-state index is -0.163. The lowest BCUT2D eigenvalue weighted by atomic mass is 10.2. The Morgan fingerprint density at radius 3 is 2.92 bits per heavy atom. The van der Waals surface area contributed by atoms with Crippen molar-refractivity contribution >= 4 is 11.7 Å². The molecular formula is C19H31N3O2. The van der Waals surface area contributed by atoms with E-state index < -0.39 is 0 Å². The van der Waals surface area contributed by atoms with Crippen LogP contribution in [0.4, 0.5) is 10.5 Å². The summed E-state index contributed by atoms with van der Waals surface area (Å²) in [6.45, 7) is 7.29. The van der Waals surface area contributed by atoms with E-state index in [-0.39, 0.29) is 6.03 Å². The van der Waals surface area contributed by atoms with E-state index in [4.69, 9.17) is 4.74 Å². The van der Waals surface area contributed by atoms with Gasteiger partial charge in [0.25, 0.3) is 0 Å². The predicted octanol–water partition coefficient (Wildman–Crippen LogP) is 3.47. The number of ether oxygens (including phenoxy) is 1. The molecule has 0 aromatic heterocycles. The molecule has 134 valence electrons. The zero-order chi connectivity index (χ0) is 17.4. The molecule has 2 N–H and O–H groups in total. The van der Waals surface area contributed by atoms with Crippen molar-refractivity contribution in [3.8, 4) is 0 Å². The number of nitrogens with one attached hydrogen (secondary N) is 2. The molecule has 0 heterocycles. The zero-order valence-electron chi connectivity index (χ0n) is 15.2. The number of carbonyl (C=O) groups excluding carboxylic acids is 1. The van der Waals surface area contributed by atoms with Crippen molar-refractivity contribution in [2.75, 3.05) is 32.1 Å². The fourth-order valence-corrected chi connectivity index (χ4v) is 2.42. The average Bonchev–Trinajstić information content (AvgIpc) is 3.38. The number of rotatable bonds is 10. The standard InChI is InChI=1S/C19H31N3O2/c1-4-15(2)22(3)11-10-20-19(23)21-18-7-5-6-17(12-18)14-24-13-16-8-9-16/h5-7,12,15-16H,4,8-11,13-14H2,1-3H3,(H2,20,21,23). The predicted molar refractivity (Wildman–Crippen MR) is 98.2 cm³/mol. The Balaban J connectivity index is 1.68. The van der Waals surface area contributed by atoms with Gasteiger partial charge in [-0.3, -0.25) is 0 Å². The monoisotopic (exact) mass is 333 g/mol. The Morgan fingerprint density at radius 1 is 1.42 bits per heavy atom. The van der Waals surface area contributed by atoms with Gasteiger partial charge in [0.2, 0.25) is 0 Å². The minimum absolute atomic E-state index is 0.163. The third-order valence-corrected chi connectivity index (χ3v) is 4.60. The molecule has 0 aliphatic heterocycles. The van der Waals surface area contributed by atoms with Gasteiger partial charge in [0, 0.05) is 31.4 Å². The molecule has 1 aromatic rings. The third-order valence-electron chi connectivity index (χ3n) is 4.60. The maximum Gasteiger partial charge on any atom is 0.319 e. The van der Waals surface area contributed by atoms with Crippen LogP contribution in [0.15, 0.2) is 24.3 Å². The fraction of sp³-hybridized carbons (Fsp3) is 0.632. The SMILES string of the molecule is CCC(C)N(C)CCNC(=O)Nc1cccc(COCC2CC2)c1. The average molecular weight is 333 g/mol. The van der Waals surface area contributed by atoms with Crippen LogP contribution < -0.4 is 10.6 Å². The van der Waals surface area contributed by atoms with Crippen LogP contribution in [0.3, 0.4) is 0 Å². The highest BCUT2D eigenvalue weighted by atomic mass is 16.5. The van der Waals surface area contributed by atoms with Gasteiger partial charge in [0.1, 0.15) is 0 Å². The number of benzene rings is 1. The summed E-state index contributed by atoms with van der Waals surface area (Å²) in [5, 5.41) is 5.79. The normalized spacial score (nSPS) is 15.3. The second kappa shape index (κ2) is 9.64. The summed E-state index contributed by atoms with van der Waals surface area (Å²) < 4.78 is 5.69. The Hall–Kier alpha value is -1.59. The third kappa shape index (κ3) is 6.89. The molecule has 24 heavy (non-hydrogen) atoms. The molecule has 1 aliphatic carbocycles. The highest BCUT2D eigenvalue weighted by molar-refractivity contribution is 5.89. The van der Waals surface area contributed by atoms with E-state index in [1.54, 1.807) is 0 Å². The van der Waals surface area contributed by atoms with Crippen molar-refractivity contribution in [2.45, 2.75) is 45.8 Å². The van der Waals surface area contributed by atoms with E-state index in [1.165, 1.54) is 12.8 Å². The van der Waals surface area contributed by atoms with Gasteiger partial charge in [0.15, 0.2) is 0 Å². The molecule has 1 unspecified atom stereocenters. The molecule has 2 rings (SSSR count). The molecule has 2 amide bonds. The van der Waals surface area contributed by atoms with Crippen molar-refractivity contribution in [1.29, 1.82) is 0 Å². The lowest BCUT2D eigenvalue weighted by Gasteiger charge is -2.23. The number of amides is 2. The van der Waals surface area contributed by atoms with Crippen LogP contribution in [0.5, 0.6) is 0 Å². The zero-order valence-corrected chi connectivity index (χ0v) is 15.2. The second-order valence-electron chi connectivity index (χ2n) is 6.78. The highest BCUT2D eigenvalue weighted by Gasteiger charge is 2.21. The van der Waals surface area contributed by atoms with Crippen molar-refractivity contribution in [1.82, 2.24) is 10.2 Å². The first-order valence-electron chi connectivity index (χ1n) is 9.00. The minimum Gasteiger partial charge on any atom is -0.376 e. The summed E-state index contributed by atoms with van der Waals surface area (Å²) in [5.74, 6) is 0.769. The van der Waals surface area contributed by atoms with Gasteiger partial charge in [0.05, 0.1) is 6.61 Å². The van der Waals surface area contributed by atoms with Gasteiger partial charge in [-0.25, -0.2) is 4.79 Å². The summed E-state index contributed by atoms with van der Waals surface area (Å²) in [7, 11) is 2.08. The summed E-state index contributed by atoms with van der Waals surface area (Å²) in [4.78, 5) is 14.2. The van der Waals surface area contributed by atoms with E-state index in [0.717, 1.165) is 36.7 Å². The Morgan fingerprint density at radius 2 is 2.21 bits per heavy atom. The van der Waals surface area contributed by atoms with Crippen molar-refractivity contribution in [2.24, 2.45) is 5.92 Å². The summed E-state index contributed by atoms with van der Waals surface area (Å²) in [6, 6.07) is 8.21. The summed E-state index contributed by atoms with van der Waals surface area (Å²) >= 11 is 0. The molecule has 0 radical (unpaired) electrons. The molecule has 0 saturated heterocycles. The molecule has 5 nitrogen and oxygen atoms in total. The first-order chi connectivity index (χ1) is 11.6. The van der Waals surface area contributed by atoms with E-state index in [1.807, 2.05) is 24.3 Å². The van der Waals surface area contributed by atoms with Gasteiger partial charge < -0.3 is 20.3 Å². The number of hydrogen-bond donors (Lipinski definition) is 2. The molecule has 1 saturated carbocycles. The van der Waals surface area contributed by atoms with Crippen LogP contribution in [0.2, 0.25) is 0 Å². The summed E-state index contributed by atoms with van der Waals surface area (Å²) in [6.07, 6.45) is 3.71. The number of likely N-dealkylation sites (N-methyl/N-ethyl adjacent to an activating group) is 1. The van der Waals surface area contributed by atoms with E-state index in [2.05, 4.69) is 36.4 Å². The number of carbonyl (C=O) groups is 1. The van der Waals surface area contributed by atoms with Crippen molar-refractivity contribution in [3.05, 3.63) is 29.8 Å². The van der Waals surface area contributed by atoms with Gasteiger partial charge in [-0.2, -0.15) is 0 Å². The Labute approximate surface area is 145 Å². The van der Waals surface area contributed by atoms with Crippen LogP contribution >= 0.6 is 0 Å². The molecule has 1 fully saturated rings. The van der Waals surface area contributed by atoms with E-state index >= 15 is 0 Å². The first kappa shape index (κ1) is 18.7. The number of hydrogen-bond acceptors (Lipinski definition) is 3. The molecule has 1 aliphatic rings. The van der Waals surface area contributed by atoms with E-state index in [9.17, 15) is 4.79 Å². The fourth-order valence-electron chi connectivity index (χ4n) is 2.42. The first-order valence-corrected chi connectivity index (χ1v) is 9.00. The summed E-state index contributed by atoms with van der Waals surface area (Å²) in [5.41, 5.74) is 1.89. The highest BCUT2D eigenvalue weighted by Crippen LogP contribution is 2.29. The van der Waals surface area contributed by atoms with Crippen LogP contribution in [0, 0.1) is 5.92 Å². The van der Waals surface area contributed by atoms with Crippen molar-refractivity contribution in [3.63, 3.8) is 0 Å². The quantitative estimate of drug-likeness (QED) is 0.689. The maximum atomic E-state index is 12.0. The molecule has 0 bridgehead atoms. The van der Waals surface area contributed by atoms with Crippen LogP contribution in [0.1, 0.15) is 38.7 Å². The lowest BCUT2D eigenvalue weighted by molar-refractivity contribution is 0.111. The molecule has 1 atom stereocenters. The molecule has 5 heteroatoms. The van der Waals surface area contributed by atoms with E-state index in [0.29, 0.717) is 19.2 Å². The van der Waals surface area contributed by atoms with Gasteiger partial charge >= 0.3 is 6.03 Å². The molecule has 0 spiro atoms. The largest absolute Gasteiger partial charge is 0.376 e. The molecule has 1 aromatic carbocycles. The Bertz CT molecular complexity index is 517. The smallest absolute Gasteiger partial charge is 0.319 e. The number of nitrogens with zero attached hydrogens (tertiary/aromatic N) is 1. The van der Waals surface area contributed by atoms with Gasteiger partial charge in [-0.1, -0.05) is 19.1 Å². The van der Waals surface area contributed by atoms with Crippen molar-refractivity contribution < 1.29 is 9.53 Å². The van der Waals surface area contributed by atoms with Crippen LogP contribution in [-0.2, 0) is 11.3 Å². The molecular weight excluding hydrogens is 302 g/mol. The van der Waals surface area contributed by atoms with Crippen LogP contribution in [-0.4, -0.2) is 43.7 Å². The number of anilines is 1. The van der Waals surface area contributed by atoms with Gasteiger partial charge in [-0.15, -0.1) is 0 Å².